The quantitative estimate of drug-likeness (QED) is 0.604. The molecule has 1 aliphatic heterocycles. The number of urea groups is 1. The van der Waals surface area contributed by atoms with Crippen LogP contribution in [0.5, 0.6) is 0 Å². The lowest BCUT2D eigenvalue weighted by Crippen LogP contribution is -2.47. The zero-order valence-corrected chi connectivity index (χ0v) is 9.03. The van der Waals surface area contributed by atoms with Gasteiger partial charge in [-0.1, -0.05) is 0 Å². The molecule has 1 unspecified atom stereocenters. The first kappa shape index (κ1) is 11.5. The fourth-order valence-corrected chi connectivity index (χ4v) is 1.33. The molecule has 2 N–H and O–H groups in total. The number of carbonyl (C=O) groups is 3. The van der Waals surface area contributed by atoms with Crippen molar-refractivity contribution in [3.05, 3.63) is 0 Å². The van der Waals surface area contributed by atoms with Gasteiger partial charge in [0.15, 0.2) is 0 Å². The fraction of sp³-hybridized carbons (Fsp3) is 0.667. The van der Waals surface area contributed by atoms with Crippen LogP contribution in [-0.4, -0.2) is 41.9 Å². The third-order valence-corrected chi connectivity index (χ3v) is 2.11. The van der Waals surface area contributed by atoms with Crippen LogP contribution in [0.2, 0.25) is 0 Å². The van der Waals surface area contributed by atoms with Crippen LogP contribution in [0.1, 0.15) is 20.3 Å². The van der Waals surface area contributed by atoms with E-state index in [1.165, 1.54) is 7.05 Å². The van der Waals surface area contributed by atoms with E-state index in [0.717, 1.165) is 4.90 Å². The molecule has 0 aromatic carbocycles. The molecule has 1 rings (SSSR count). The summed E-state index contributed by atoms with van der Waals surface area (Å²) in [4.78, 5) is 34.8. The molecule has 84 valence electrons. The third kappa shape index (κ3) is 2.68. The molecule has 0 radical (unpaired) electrons. The van der Waals surface area contributed by atoms with Crippen molar-refractivity contribution >= 4 is 17.8 Å². The number of nitrogens with zero attached hydrogens (tertiary/aromatic N) is 1. The van der Waals surface area contributed by atoms with E-state index in [-0.39, 0.29) is 24.3 Å². The van der Waals surface area contributed by atoms with Gasteiger partial charge in [-0.15, -0.1) is 0 Å². The number of amides is 4. The molecule has 1 atom stereocenters. The predicted molar refractivity (Wildman–Crippen MR) is 53.0 cm³/mol. The maximum absolute atomic E-state index is 11.4. The number of carbonyl (C=O) groups excluding carboxylic acids is 3. The molecule has 0 spiro atoms. The predicted octanol–water partition coefficient (Wildman–Crippen LogP) is -0.549. The van der Waals surface area contributed by atoms with Gasteiger partial charge >= 0.3 is 6.03 Å². The molecular weight excluding hydrogens is 198 g/mol. The monoisotopic (exact) mass is 213 g/mol. The Morgan fingerprint density at radius 1 is 1.47 bits per heavy atom. The molecule has 0 bridgehead atoms. The van der Waals surface area contributed by atoms with Crippen LogP contribution < -0.4 is 10.6 Å². The summed E-state index contributed by atoms with van der Waals surface area (Å²) in [7, 11) is 1.41. The molecule has 15 heavy (non-hydrogen) atoms. The van der Waals surface area contributed by atoms with Crippen molar-refractivity contribution < 1.29 is 14.4 Å². The van der Waals surface area contributed by atoms with E-state index in [1.54, 1.807) is 0 Å². The van der Waals surface area contributed by atoms with E-state index in [1.807, 2.05) is 13.8 Å². The number of hydrogen-bond acceptors (Lipinski definition) is 3. The molecule has 0 aromatic heterocycles. The molecule has 6 heteroatoms. The maximum atomic E-state index is 11.4. The van der Waals surface area contributed by atoms with Crippen molar-refractivity contribution in [1.29, 1.82) is 0 Å². The highest BCUT2D eigenvalue weighted by molar-refractivity contribution is 6.06. The van der Waals surface area contributed by atoms with Gasteiger partial charge in [-0.3, -0.25) is 14.5 Å². The largest absolute Gasteiger partial charge is 0.336 e. The van der Waals surface area contributed by atoms with Gasteiger partial charge in [0.05, 0.1) is 6.42 Å². The highest BCUT2D eigenvalue weighted by atomic mass is 16.2. The van der Waals surface area contributed by atoms with Crippen molar-refractivity contribution in [2.75, 3.05) is 7.05 Å². The van der Waals surface area contributed by atoms with E-state index in [0.29, 0.717) is 0 Å². The number of hydrogen-bond donors (Lipinski definition) is 2. The summed E-state index contributed by atoms with van der Waals surface area (Å²) in [6.07, 6.45) is 0.0425. The summed E-state index contributed by atoms with van der Waals surface area (Å²) in [5, 5.41) is 5.05. The van der Waals surface area contributed by atoms with Crippen molar-refractivity contribution in [1.82, 2.24) is 15.5 Å². The Kier molecular flexibility index (Phi) is 3.28. The number of imide groups is 1. The van der Waals surface area contributed by atoms with Crippen LogP contribution in [0.4, 0.5) is 4.79 Å². The van der Waals surface area contributed by atoms with Crippen molar-refractivity contribution in [2.24, 2.45) is 0 Å². The molecule has 0 saturated carbocycles. The molecule has 1 aliphatic rings. The van der Waals surface area contributed by atoms with Gasteiger partial charge in [-0.05, 0) is 13.8 Å². The smallest absolute Gasteiger partial charge is 0.315 e. The second kappa shape index (κ2) is 4.29. The van der Waals surface area contributed by atoms with Gasteiger partial charge in [-0.25, -0.2) is 4.79 Å². The molecule has 1 heterocycles. The molecule has 0 aliphatic carbocycles. The minimum atomic E-state index is -0.721. The molecule has 4 amide bonds. The molecule has 1 fully saturated rings. The Labute approximate surface area is 88.0 Å². The summed E-state index contributed by atoms with van der Waals surface area (Å²) in [5.74, 6) is -0.631. The normalized spacial score (nSPS) is 21.1. The number of likely N-dealkylation sites (tertiary alicyclic amines) is 1. The average Bonchev–Trinajstić information content (AvgIpc) is 2.32. The summed E-state index contributed by atoms with van der Waals surface area (Å²) in [6.45, 7) is 3.63. The summed E-state index contributed by atoms with van der Waals surface area (Å²) >= 11 is 0. The Hall–Kier alpha value is -1.59. The van der Waals surface area contributed by atoms with Crippen LogP contribution >= 0.6 is 0 Å². The van der Waals surface area contributed by atoms with E-state index in [4.69, 9.17) is 0 Å². The van der Waals surface area contributed by atoms with Crippen molar-refractivity contribution in [2.45, 2.75) is 32.4 Å². The lowest BCUT2D eigenvalue weighted by atomic mass is 10.2. The third-order valence-electron chi connectivity index (χ3n) is 2.11. The topological polar surface area (TPSA) is 78.5 Å². The standard InChI is InChI=1S/C9H15N3O3/c1-5(2)10-9(15)11-6-4-7(13)12(3)8(6)14/h5-6H,4H2,1-3H3,(H2,10,11,15). The van der Waals surface area contributed by atoms with Crippen LogP contribution in [0, 0.1) is 0 Å². The Morgan fingerprint density at radius 2 is 2.07 bits per heavy atom. The fourth-order valence-electron chi connectivity index (χ4n) is 1.33. The number of rotatable bonds is 2. The Balaban J connectivity index is 2.50. The van der Waals surface area contributed by atoms with Gasteiger partial charge < -0.3 is 10.6 Å². The second-order valence-electron chi connectivity index (χ2n) is 3.82. The first-order valence-corrected chi connectivity index (χ1v) is 4.79. The van der Waals surface area contributed by atoms with Crippen LogP contribution in [-0.2, 0) is 9.59 Å². The SMILES string of the molecule is CC(C)NC(=O)NC1CC(=O)N(C)C1=O. The van der Waals surface area contributed by atoms with Crippen LogP contribution in [0.15, 0.2) is 0 Å². The zero-order chi connectivity index (χ0) is 11.6. The molecule has 6 nitrogen and oxygen atoms in total. The van der Waals surface area contributed by atoms with Crippen molar-refractivity contribution in [3.63, 3.8) is 0 Å². The van der Waals surface area contributed by atoms with E-state index in [2.05, 4.69) is 10.6 Å². The van der Waals surface area contributed by atoms with E-state index in [9.17, 15) is 14.4 Å². The molecule has 0 aromatic rings. The lowest BCUT2D eigenvalue weighted by molar-refractivity contribution is -0.137. The lowest BCUT2D eigenvalue weighted by Gasteiger charge is -2.13. The van der Waals surface area contributed by atoms with Crippen LogP contribution in [0.3, 0.4) is 0 Å². The first-order chi connectivity index (χ1) is 6.91. The number of nitrogens with one attached hydrogen (secondary N) is 2. The zero-order valence-electron chi connectivity index (χ0n) is 9.03. The summed E-state index contributed by atoms with van der Waals surface area (Å²) in [6, 6.07) is -1.15. The van der Waals surface area contributed by atoms with Gasteiger partial charge in [0, 0.05) is 13.1 Å². The molecule has 1 saturated heterocycles. The highest BCUT2D eigenvalue weighted by Crippen LogP contribution is 2.09. The highest BCUT2D eigenvalue weighted by Gasteiger charge is 2.36. The Morgan fingerprint density at radius 3 is 2.47 bits per heavy atom. The Bertz CT molecular complexity index is 301. The van der Waals surface area contributed by atoms with Crippen molar-refractivity contribution in [3.8, 4) is 0 Å². The maximum Gasteiger partial charge on any atom is 0.315 e. The van der Waals surface area contributed by atoms with Gasteiger partial charge in [-0.2, -0.15) is 0 Å². The second-order valence-corrected chi connectivity index (χ2v) is 3.82. The average molecular weight is 213 g/mol. The number of likely N-dealkylation sites (N-methyl/N-ethyl adjacent to an activating group) is 1. The molecular formula is C9H15N3O3. The summed E-state index contributed by atoms with van der Waals surface area (Å²) in [5.41, 5.74) is 0. The van der Waals surface area contributed by atoms with E-state index >= 15 is 0 Å². The van der Waals surface area contributed by atoms with Gasteiger partial charge in [0.2, 0.25) is 5.91 Å². The van der Waals surface area contributed by atoms with E-state index < -0.39 is 12.1 Å². The van der Waals surface area contributed by atoms with Gasteiger partial charge in [0.25, 0.3) is 5.91 Å². The van der Waals surface area contributed by atoms with Gasteiger partial charge in [0.1, 0.15) is 6.04 Å². The minimum absolute atomic E-state index is 0.00469. The van der Waals surface area contributed by atoms with Crippen LogP contribution in [0.25, 0.3) is 0 Å². The first-order valence-electron chi connectivity index (χ1n) is 4.79. The minimum Gasteiger partial charge on any atom is -0.336 e. The summed E-state index contributed by atoms with van der Waals surface area (Å²) < 4.78 is 0.